The third-order valence-corrected chi connectivity index (χ3v) is 3.29. The van der Waals surface area contributed by atoms with E-state index in [0.29, 0.717) is 10.8 Å². The minimum Gasteiger partial charge on any atom is -0.389 e. The van der Waals surface area contributed by atoms with Crippen molar-refractivity contribution < 1.29 is 0 Å². The second kappa shape index (κ2) is 5.58. The Labute approximate surface area is 124 Å². The molecule has 0 unspecified atom stereocenters. The van der Waals surface area contributed by atoms with Gasteiger partial charge in [0, 0.05) is 18.9 Å². The van der Waals surface area contributed by atoms with Crippen LogP contribution < -0.4 is 11.1 Å². The van der Waals surface area contributed by atoms with Gasteiger partial charge < -0.3 is 11.1 Å². The first-order chi connectivity index (χ1) is 9.42. The van der Waals surface area contributed by atoms with E-state index in [4.69, 9.17) is 18.0 Å². The predicted octanol–water partition coefficient (Wildman–Crippen LogP) is 2.37. The highest BCUT2D eigenvalue weighted by molar-refractivity contribution is 7.80. The van der Waals surface area contributed by atoms with Crippen molar-refractivity contribution in [3.63, 3.8) is 0 Å². The van der Waals surface area contributed by atoms with E-state index in [0.717, 1.165) is 34.6 Å². The summed E-state index contributed by atoms with van der Waals surface area (Å²) in [4.78, 5) is 4.87. The van der Waals surface area contributed by atoms with Crippen molar-refractivity contribution in [2.75, 3.05) is 5.32 Å². The molecule has 5 nitrogen and oxygen atoms in total. The van der Waals surface area contributed by atoms with Crippen LogP contribution in [0, 0.1) is 13.8 Å². The molecule has 0 aliphatic carbocycles. The van der Waals surface area contributed by atoms with Crippen LogP contribution >= 0.6 is 12.2 Å². The lowest BCUT2D eigenvalue weighted by atomic mass is 10.1. The van der Waals surface area contributed by atoms with Gasteiger partial charge in [-0.15, -0.1) is 0 Å². The van der Waals surface area contributed by atoms with Gasteiger partial charge in [0.05, 0.1) is 16.9 Å². The molecule has 0 spiro atoms. The van der Waals surface area contributed by atoms with Crippen molar-refractivity contribution in [1.82, 2.24) is 14.8 Å². The number of rotatable bonds is 4. The Hall–Kier alpha value is -1.95. The van der Waals surface area contributed by atoms with Gasteiger partial charge in [-0.05, 0) is 31.9 Å². The maximum Gasteiger partial charge on any atom is 0.141 e. The van der Waals surface area contributed by atoms with Crippen molar-refractivity contribution in [1.29, 1.82) is 0 Å². The highest BCUT2D eigenvalue weighted by Gasteiger charge is 2.14. The molecule has 0 saturated heterocycles. The largest absolute Gasteiger partial charge is 0.389 e. The molecule has 0 amide bonds. The maximum absolute atomic E-state index is 5.83. The fourth-order valence-corrected chi connectivity index (χ4v) is 2.52. The summed E-state index contributed by atoms with van der Waals surface area (Å²) in [7, 11) is 1.90. The molecule has 0 aliphatic rings. The fourth-order valence-electron chi connectivity index (χ4n) is 2.27. The SMILES string of the molecule is CCc1nn(C)cc1Nc1nc(C)cc(C)c1C(N)=S. The molecule has 20 heavy (non-hydrogen) atoms. The highest BCUT2D eigenvalue weighted by Crippen LogP contribution is 2.24. The molecule has 2 rings (SSSR count). The van der Waals surface area contributed by atoms with Crippen LogP contribution in [0.2, 0.25) is 0 Å². The number of aryl methyl sites for hydroxylation is 4. The normalized spacial score (nSPS) is 10.6. The van der Waals surface area contributed by atoms with Gasteiger partial charge in [-0.1, -0.05) is 19.1 Å². The molecule has 0 aromatic carbocycles. The summed E-state index contributed by atoms with van der Waals surface area (Å²) in [5, 5.41) is 7.72. The number of nitrogens with zero attached hydrogens (tertiary/aromatic N) is 3. The number of anilines is 2. The second-order valence-electron chi connectivity index (χ2n) is 4.81. The molecule has 0 radical (unpaired) electrons. The Balaban J connectivity index is 2.49. The monoisotopic (exact) mass is 289 g/mol. The lowest BCUT2D eigenvalue weighted by Crippen LogP contribution is -2.15. The van der Waals surface area contributed by atoms with Gasteiger partial charge in [0.1, 0.15) is 10.8 Å². The van der Waals surface area contributed by atoms with Gasteiger partial charge in [0.2, 0.25) is 0 Å². The fraction of sp³-hybridized carbons (Fsp3) is 0.357. The number of pyridine rings is 1. The van der Waals surface area contributed by atoms with Gasteiger partial charge >= 0.3 is 0 Å². The third-order valence-electron chi connectivity index (χ3n) is 3.08. The van der Waals surface area contributed by atoms with Crippen LogP contribution in [0.1, 0.15) is 29.4 Å². The van der Waals surface area contributed by atoms with E-state index in [2.05, 4.69) is 22.3 Å². The minimum absolute atomic E-state index is 0.347. The summed E-state index contributed by atoms with van der Waals surface area (Å²) < 4.78 is 1.78. The first kappa shape index (κ1) is 14.5. The molecule has 0 aliphatic heterocycles. The molecule has 2 aromatic rings. The molecule has 0 saturated carbocycles. The highest BCUT2D eigenvalue weighted by atomic mass is 32.1. The molecule has 3 N–H and O–H groups in total. The van der Waals surface area contributed by atoms with Crippen molar-refractivity contribution in [2.45, 2.75) is 27.2 Å². The number of nitrogens with one attached hydrogen (secondary N) is 1. The Morgan fingerprint density at radius 3 is 2.75 bits per heavy atom. The van der Waals surface area contributed by atoms with E-state index in [9.17, 15) is 0 Å². The molecule has 2 heterocycles. The summed E-state index contributed by atoms with van der Waals surface area (Å²) in [5.74, 6) is 0.692. The first-order valence-electron chi connectivity index (χ1n) is 6.50. The number of thiocarbonyl (C=S) groups is 1. The summed E-state index contributed by atoms with van der Waals surface area (Å²) in [6, 6.07) is 1.98. The van der Waals surface area contributed by atoms with E-state index in [1.165, 1.54) is 0 Å². The average molecular weight is 289 g/mol. The Morgan fingerprint density at radius 2 is 2.15 bits per heavy atom. The topological polar surface area (TPSA) is 68.8 Å². The molecule has 0 bridgehead atoms. The molecule has 2 aromatic heterocycles. The summed E-state index contributed by atoms with van der Waals surface area (Å²) in [6.07, 6.45) is 2.78. The Bertz CT molecular complexity index is 660. The van der Waals surface area contributed by atoms with Crippen molar-refractivity contribution in [3.8, 4) is 0 Å². The average Bonchev–Trinajstić information content (AvgIpc) is 2.67. The van der Waals surface area contributed by atoms with Gasteiger partial charge in [-0.25, -0.2) is 4.98 Å². The summed E-state index contributed by atoms with van der Waals surface area (Å²) in [5.41, 5.74) is 10.5. The Kier molecular flexibility index (Phi) is 4.04. The van der Waals surface area contributed by atoms with Crippen LogP contribution in [-0.4, -0.2) is 19.8 Å². The predicted molar refractivity (Wildman–Crippen MR) is 85.5 cm³/mol. The Morgan fingerprint density at radius 1 is 1.45 bits per heavy atom. The van der Waals surface area contributed by atoms with Crippen LogP contribution in [0.5, 0.6) is 0 Å². The number of hydrogen-bond donors (Lipinski definition) is 2. The third kappa shape index (κ3) is 2.80. The van der Waals surface area contributed by atoms with E-state index < -0.39 is 0 Å². The number of hydrogen-bond acceptors (Lipinski definition) is 4. The zero-order valence-corrected chi connectivity index (χ0v) is 13.0. The molecule has 106 valence electrons. The molecule has 0 fully saturated rings. The van der Waals surface area contributed by atoms with Gasteiger partial charge in [0.15, 0.2) is 0 Å². The van der Waals surface area contributed by atoms with Gasteiger partial charge in [-0.2, -0.15) is 5.10 Å². The van der Waals surface area contributed by atoms with Gasteiger partial charge in [0.25, 0.3) is 0 Å². The van der Waals surface area contributed by atoms with Crippen molar-refractivity contribution in [2.24, 2.45) is 12.8 Å². The lowest BCUT2D eigenvalue weighted by Gasteiger charge is -2.13. The van der Waals surface area contributed by atoms with Crippen LogP contribution in [0.4, 0.5) is 11.5 Å². The van der Waals surface area contributed by atoms with E-state index in [1.807, 2.05) is 33.2 Å². The van der Waals surface area contributed by atoms with E-state index in [1.54, 1.807) is 4.68 Å². The molecular weight excluding hydrogens is 270 g/mol. The van der Waals surface area contributed by atoms with E-state index >= 15 is 0 Å². The zero-order chi connectivity index (χ0) is 14.9. The molecular formula is C14H19N5S. The second-order valence-corrected chi connectivity index (χ2v) is 5.25. The van der Waals surface area contributed by atoms with Crippen molar-refractivity contribution >= 4 is 28.7 Å². The van der Waals surface area contributed by atoms with Crippen LogP contribution in [0.25, 0.3) is 0 Å². The van der Waals surface area contributed by atoms with Crippen molar-refractivity contribution in [3.05, 3.63) is 34.8 Å². The van der Waals surface area contributed by atoms with Crippen LogP contribution in [0.3, 0.4) is 0 Å². The maximum atomic E-state index is 5.83. The summed E-state index contributed by atoms with van der Waals surface area (Å²) in [6.45, 7) is 6.00. The standard InChI is InChI=1S/C14H19N5S/c1-5-10-11(7-19(4)18-10)17-14-12(13(15)20)8(2)6-9(3)16-14/h6-7H,5H2,1-4H3,(H2,15,20)(H,16,17). The van der Waals surface area contributed by atoms with Crippen LogP contribution in [-0.2, 0) is 13.5 Å². The number of nitrogens with two attached hydrogens (primary N) is 1. The summed E-state index contributed by atoms with van der Waals surface area (Å²) >= 11 is 5.14. The first-order valence-corrected chi connectivity index (χ1v) is 6.90. The molecule has 6 heteroatoms. The smallest absolute Gasteiger partial charge is 0.141 e. The quantitative estimate of drug-likeness (QED) is 0.846. The van der Waals surface area contributed by atoms with Gasteiger partial charge in [-0.3, -0.25) is 4.68 Å². The zero-order valence-electron chi connectivity index (χ0n) is 12.2. The molecule has 0 atom stereocenters. The number of aromatic nitrogens is 3. The van der Waals surface area contributed by atoms with E-state index in [-0.39, 0.29) is 0 Å². The minimum atomic E-state index is 0.347. The lowest BCUT2D eigenvalue weighted by molar-refractivity contribution is 0.746. The van der Waals surface area contributed by atoms with Crippen LogP contribution in [0.15, 0.2) is 12.3 Å².